The first-order valence-corrected chi connectivity index (χ1v) is 5.46. The Hall–Kier alpha value is -0.740. The molecule has 1 nitrogen and oxygen atoms in total. The van der Waals surface area contributed by atoms with Crippen molar-refractivity contribution >= 4 is 11.6 Å². The van der Waals surface area contributed by atoms with Crippen molar-refractivity contribution < 1.29 is 13.2 Å². The average molecular weight is 250 g/mol. The minimum atomic E-state index is -4.38. The van der Waals surface area contributed by atoms with Gasteiger partial charge in [0.05, 0.1) is 10.6 Å². The van der Waals surface area contributed by atoms with Gasteiger partial charge in [0.25, 0.3) is 0 Å². The van der Waals surface area contributed by atoms with Crippen LogP contribution >= 0.6 is 11.6 Å². The van der Waals surface area contributed by atoms with E-state index >= 15 is 0 Å². The van der Waals surface area contributed by atoms with Gasteiger partial charge in [0.1, 0.15) is 0 Å². The molecule has 88 valence electrons. The van der Waals surface area contributed by atoms with E-state index in [9.17, 15) is 13.2 Å². The molecule has 1 N–H and O–H groups in total. The number of hydrogen-bond acceptors (Lipinski definition) is 1. The van der Waals surface area contributed by atoms with Crippen molar-refractivity contribution in [1.82, 2.24) is 5.32 Å². The van der Waals surface area contributed by atoms with Crippen LogP contribution in [0.5, 0.6) is 0 Å². The van der Waals surface area contributed by atoms with Crippen LogP contribution in [0.15, 0.2) is 18.2 Å². The van der Waals surface area contributed by atoms with Crippen LogP contribution in [0.25, 0.3) is 0 Å². The molecule has 1 aromatic carbocycles. The first-order chi connectivity index (χ1) is 7.48. The topological polar surface area (TPSA) is 12.0 Å². The summed E-state index contributed by atoms with van der Waals surface area (Å²) in [5.41, 5.74) is -0.0883. The van der Waals surface area contributed by atoms with Crippen molar-refractivity contribution in [3.05, 3.63) is 34.3 Å². The van der Waals surface area contributed by atoms with E-state index in [1.165, 1.54) is 6.07 Å². The molecule has 0 aliphatic carbocycles. The predicted octanol–water partition coefficient (Wildman–Crippen LogP) is 3.78. The zero-order chi connectivity index (χ0) is 11.8. The van der Waals surface area contributed by atoms with E-state index in [1.807, 2.05) is 0 Å². The third-order valence-electron chi connectivity index (χ3n) is 2.76. The number of hydrogen-bond donors (Lipinski definition) is 1. The molecule has 0 aromatic heterocycles. The second-order valence-electron chi connectivity index (χ2n) is 3.89. The van der Waals surface area contributed by atoms with Crippen LogP contribution in [-0.4, -0.2) is 6.54 Å². The monoisotopic (exact) mass is 249 g/mol. The van der Waals surface area contributed by atoms with Crippen LogP contribution < -0.4 is 5.32 Å². The predicted molar refractivity (Wildman–Crippen MR) is 56.4 cm³/mol. The van der Waals surface area contributed by atoms with Crippen molar-refractivity contribution in [2.45, 2.75) is 25.1 Å². The Morgan fingerprint density at radius 2 is 2.06 bits per heavy atom. The number of nitrogens with one attached hydrogen (secondary N) is 1. The van der Waals surface area contributed by atoms with Gasteiger partial charge in [-0.15, -0.1) is 0 Å². The molecule has 2 rings (SSSR count). The minimum Gasteiger partial charge on any atom is -0.310 e. The highest BCUT2D eigenvalue weighted by molar-refractivity contribution is 6.31. The molecule has 16 heavy (non-hydrogen) atoms. The maximum absolute atomic E-state index is 12.6. The molecule has 0 bridgehead atoms. The Kier molecular flexibility index (Phi) is 3.13. The fourth-order valence-corrected chi connectivity index (χ4v) is 2.17. The smallest absolute Gasteiger partial charge is 0.310 e. The van der Waals surface area contributed by atoms with Gasteiger partial charge in [0, 0.05) is 6.04 Å². The maximum atomic E-state index is 12.6. The molecule has 0 radical (unpaired) electrons. The number of halogens is 4. The Balaban J connectivity index is 2.35. The largest absolute Gasteiger partial charge is 0.417 e. The lowest BCUT2D eigenvalue weighted by Crippen LogP contribution is -2.14. The van der Waals surface area contributed by atoms with Crippen LogP contribution in [0, 0.1) is 0 Å². The van der Waals surface area contributed by atoms with Crippen LogP contribution in [0.3, 0.4) is 0 Å². The summed E-state index contributed by atoms with van der Waals surface area (Å²) in [4.78, 5) is 0. The third kappa shape index (κ3) is 2.33. The molecule has 5 heteroatoms. The lowest BCUT2D eigenvalue weighted by atomic mass is 10.0. The van der Waals surface area contributed by atoms with Gasteiger partial charge in [-0.1, -0.05) is 17.7 Å². The molecule has 1 aliphatic rings. The Morgan fingerprint density at radius 1 is 1.31 bits per heavy atom. The van der Waals surface area contributed by atoms with Crippen LogP contribution in [-0.2, 0) is 6.18 Å². The fraction of sp³-hybridized carbons (Fsp3) is 0.455. The van der Waals surface area contributed by atoms with Gasteiger partial charge >= 0.3 is 6.18 Å². The molecule has 0 spiro atoms. The summed E-state index contributed by atoms with van der Waals surface area (Å²) in [6.45, 7) is 0.856. The summed E-state index contributed by atoms with van der Waals surface area (Å²) < 4.78 is 37.8. The second-order valence-corrected chi connectivity index (χ2v) is 4.29. The van der Waals surface area contributed by atoms with Gasteiger partial charge < -0.3 is 5.32 Å². The van der Waals surface area contributed by atoms with E-state index < -0.39 is 11.7 Å². The van der Waals surface area contributed by atoms with Crippen molar-refractivity contribution in [2.24, 2.45) is 0 Å². The minimum absolute atomic E-state index is 0.0263. The van der Waals surface area contributed by atoms with E-state index in [1.54, 1.807) is 6.07 Å². The standard InChI is InChI=1S/C11H11ClF3N/c12-9-4-3-7(10-2-1-5-16-10)6-8(9)11(13,14)15/h3-4,6,10,16H,1-2,5H2/t10-/m1/s1. The Labute approximate surface area is 96.6 Å². The number of benzene rings is 1. The average Bonchev–Trinajstić information content (AvgIpc) is 2.69. The molecular formula is C11H11ClF3N. The molecule has 1 fully saturated rings. The third-order valence-corrected chi connectivity index (χ3v) is 3.09. The molecule has 1 saturated heterocycles. The number of alkyl halides is 3. The summed E-state index contributed by atoms with van der Waals surface area (Å²) in [6, 6.07) is 4.14. The fourth-order valence-electron chi connectivity index (χ4n) is 1.95. The molecule has 1 atom stereocenters. The molecule has 0 unspecified atom stereocenters. The molecular weight excluding hydrogens is 239 g/mol. The van der Waals surface area contributed by atoms with E-state index in [-0.39, 0.29) is 11.1 Å². The van der Waals surface area contributed by atoms with E-state index in [0.717, 1.165) is 25.5 Å². The first-order valence-electron chi connectivity index (χ1n) is 5.08. The normalized spacial score (nSPS) is 21.4. The van der Waals surface area contributed by atoms with Crippen molar-refractivity contribution in [1.29, 1.82) is 0 Å². The van der Waals surface area contributed by atoms with Crippen molar-refractivity contribution in [3.63, 3.8) is 0 Å². The number of rotatable bonds is 1. The van der Waals surface area contributed by atoms with Crippen LogP contribution in [0.2, 0.25) is 5.02 Å². The maximum Gasteiger partial charge on any atom is 0.417 e. The van der Waals surface area contributed by atoms with E-state index in [0.29, 0.717) is 5.56 Å². The molecule has 1 aliphatic heterocycles. The van der Waals surface area contributed by atoms with E-state index in [2.05, 4.69) is 5.32 Å². The van der Waals surface area contributed by atoms with Gasteiger partial charge in [-0.3, -0.25) is 0 Å². The van der Waals surface area contributed by atoms with E-state index in [4.69, 9.17) is 11.6 Å². The summed E-state index contributed by atoms with van der Waals surface area (Å²) in [7, 11) is 0. The lowest BCUT2D eigenvalue weighted by Gasteiger charge is -2.14. The van der Waals surface area contributed by atoms with Gasteiger partial charge in [0.15, 0.2) is 0 Å². The van der Waals surface area contributed by atoms with Gasteiger partial charge in [-0.25, -0.2) is 0 Å². The summed E-state index contributed by atoms with van der Waals surface area (Å²) in [5.74, 6) is 0. The van der Waals surface area contributed by atoms with Gasteiger partial charge in [-0.2, -0.15) is 13.2 Å². The molecule has 1 aromatic rings. The molecule has 0 saturated carbocycles. The Morgan fingerprint density at radius 3 is 2.62 bits per heavy atom. The highest BCUT2D eigenvalue weighted by Crippen LogP contribution is 2.37. The van der Waals surface area contributed by atoms with Crippen LogP contribution in [0.4, 0.5) is 13.2 Å². The lowest BCUT2D eigenvalue weighted by molar-refractivity contribution is -0.137. The first kappa shape index (κ1) is 11.7. The summed E-state index contributed by atoms with van der Waals surface area (Å²) in [6.07, 6.45) is -2.51. The molecule has 0 amide bonds. The highest BCUT2D eigenvalue weighted by atomic mass is 35.5. The SMILES string of the molecule is FC(F)(F)c1cc([C@H]2CCCN2)ccc1Cl. The second kappa shape index (κ2) is 4.26. The quantitative estimate of drug-likeness (QED) is 0.799. The highest BCUT2D eigenvalue weighted by Gasteiger charge is 2.34. The van der Waals surface area contributed by atoms with Crippen molar-refractivity contribution in [3.8, 4) is 0 Å². The van der Waals surface area contributed by atoms with Crippen LogP contribution in [0.1, 0.15) is 30.0 Å². The molecule has 1 heterocycles. The van der Waals surface area contributed by atoms with Gasteiger partial charge in [-0.05, 0) is 37.1 Å². The zero-order valence-corrected chi connectivity index (χ0v) is 9.20. The zero-order valence-electron chi connectivity index (χ0n) is 8.44. The van der Waals surface area contributed by atoms with Crippen molar-refractivity contribution in [2.75, 3.05) is 6.54 Å². The summed E-state index contributed by atoms with van der Waals surface area (Å²) >= 11 is 5.55. The summed E-state index contributed by atoms with van der Waals surface area (Å²) in [5, 5.41) is 2.92. The van der Waals surface area contributed by atoms with Gasteiger partial charge in [0.2, 0.25) is 0 Å². The Bertz CT molecular complexity index is 383.